The van der Waals surface area contributed by atoms with E-state index in [4.69, 9.17) is 0 Å². The number of benzene rings is 1. The van der Waals surface area contributed by atoms with Crippen molar-refractivity contribution >= 4 is 9.84 Å². The van der Waals surface area contributed by atoms with Crippen molar-refractivity contribution in [1.82, 2.24) is 0 Å². The van der Waals surface area contributed by atoms with Crippen LogP contribution in [0.2, 0.25) is 0 Å². The molecule has 2 unspecified atom stereocenters. The Kier molecular flexibility index (Phi) is 3.19. The zero-order chi connectivity index (χ0) is 13.6. The van der Waals surface area contributed by atoms with Gasteiger partial charge in [0.2, 0.25) is 0 Å². The Morgan fingerprint density at radius 2 is 1.89 bits per heavy atom. The molecule has 6 heteroatoms. The SMILES string of the molecule is CS(=O)(=O)C1CCCC1(O)c1c(F)cccc1F. The molecule has 0 spiro atoms. The van der Waals surface area contributed by atoms with E-state index in [1.807, 2.05) is 0 Å². The molecule has 100 valence electrons. The Morgan fingerprint density at radius 1 is 1.33 bits per heavy atom. The second kappa shape index (κ2) is 4.28. The largest absolute Gasteiger partial charge is 0.384 e. The first-order valence-corrected chi connectivity index (χ1v) is 7.58. The molecule has 0 bridgehead atoms. The first-order valence-electron chi connectivity index (χ1n) is 5.62. The Bertz CT molecular complexity index is 550. The van der Waals surface area contributed by atoms with Crippen LogP contribution in [0.4, 0.5) is 8.78 Å². The lowest BCUT2D eigenvalue weighted by Gasteiger charge is -2.30. The minimum absolute atomic E-state index is 0.0442. The summed E-state index contributed by atoms with van der Waals surface area (Å²) in [6, 6.07) is 3.23. The minimum atomic E-state index is -3.58. The fourth-order valence-electron chi connectivity index (χ4n) is 2.72. The van der Waals surface area contributed by atoms with Gasteiger partial charge in [0, 0.05) is 6.26 Å². The molecule has 1 aliphatic rings. The van der Waals surface area contributed by atoms with E-state index in [9.17, 15) is 22.3 Å². The van der Waals surface area contributed by atoms with Crippen LogP contribution in [0.25, 0.3) is 0 Å². The molecular weight excluding hydrogens is 262 g/mol. The predicted molar refractivity (Wildman–Crippen MR) is 62.7 cm³/mol. The second-order valence-corrected chi connectivity index (χ2v) is 6.96. The molecule has 2 rings (SSSR count). The van der Waals surface area contributed by atoms with Crippen LogP contribution < -0.4 is 0 Å². The number of rotatable bonds is 2. The molecule has 1 saturated carbocycles. The van der Waals surface area contributed by atoms with Crippen LogP contribution in [0.5, 0.6) is 0 Å². The van der Waals surface area contributed by atoms with Gasteiger partial charge < -0.3 is 5.11 Å². The quantitative estimate of drug-likeness (QED) is 0.895. The highest BCUT2D eigenvalue weighted by atomic mass is 32.2. The molecule has 1 aromatic carbocycles. The Hall–Kier alpha value is -1.01. The third-order valence-corrected chi connectivity index (χ3v) is 5.13. The summed E-state index contributed by atoms with van der Waals surface area (Å²) in [7, 11) is -3.58. The van der Waals surface area contributed by atoms with Crippen LogP contribution in [0.1, 0.15) is 24.8 Å². The molecule has 1 fully saturated rings. The minimum Gasteiger partial charge on any atom is -0.384 e. The first kappa shape index (κ1) is 13.4. The van der Waals surface area contributed by atoms with Gasteiger partial charge in [-0.2, -0.15) is 0 Å². The molecule has 0 saturated heterocycles. The molecule has 2 atom stereocenters. The maximum atomic E-state index is 13.7. The van der Waals surface area contributed by atoms with Crippen molar-refractivity contribution in [2.45, 2.75) is 30.1 Å². The molecule has 1 aliphatic carbocycles. The van der Waals surface area contributed by atoms with Crippen molar-refractivity contribution in [1.29, 1.82) is 0 Å². The van der Waals surface area contributed by atoms with Gasteiger partial charge in [-0.3, -0.25) is 0 Å². The summed E-state index contributed by atoms with van der Waals surface area (Å²) in [5, 5.41) is 9.30. The zero-order valence-electron chi connectivity index (χ0n) is 9.86. The Labute approximate surface area is 104 Å². The van der Waals surface area contributed by atoms with Gasteiger partial charge in [0.15, 0.2) is 9.84 Å². The molecule has 0 radical (unpaired) electrons. The normalized spacial score (nSPS) is 28.6. The fourth-order valence-corrected chi connectivity index (χ4v) is 4.26. The van der Waals surface area contributed by atoms with Crippen LogP contribution in [-0.2, 0) is 15.4 Å². The van der Waals surface area contributed by atoms with E-state index < -0.39 is 37.9 Å². The lowest BCUT2D eigenvalue weighted by Crippen LogP contribution is -2.41. The average molecular weight is 276 g/mol. The first-order chi connectivity index (χ1) is 8.27. The number of sulfone groups is 1. The molecule has 0 heterocycles. The van der Waals surface area contributed by atoms with Gasteiger partial charge in [-0.05, 0) is 31.4 Å². The van der Waals surface area contributed by atoms with Crippen LogP contribution in [0.3, 0.4) is 0 Å². The molecule has 0 aromatic heterocycles. The van der Waals surface area contributed by atoms with Crippen molar-refractivity contribution < 1.29 is 22.3 Å². The Morgan fingerprint density at radius 3 is 2.39 bits per heavy atom. The van der Waals surface area contributed by atoms with Crippen molar-refractivity contribution in [2.24, 2.45) is 0 Å². The number of hydrogen-bond acceptors (Lipinski definition) is 3. The molecule has 18 heavy (non-hydrogen) atoms. The van der Waals surface area contributed by atoms with E-state index in [0.717, 1.165) is 18.4 Å². The predicted octanol–water partition coefficient (Wildman–Crippen LogP) is 1.75. The van der Waals surface area contributed by atoms with E-state index in [1.54, 1.807) is 0 Å². The summed E-state index contributed by atoms with van der Waals surface area (Å²) in [6.45, 7) is 0. The molecule has 0 amide bonds. The second-order valence-electron chi connectivity index (χ2n) is 4.73. The van der Waals surface area contributed by atoms with Crippen molar-refractivity contribution in [3.8, 4) is 0 Å². The summed E-state index contributed by atoms with van der Waals surface area (Å²) in [4.78, 5) is 0. The maximum absolute atomic E-state index is 13.7. The molecule has 1 N–H and O–H groups in total. The Balaban J connectivity index is 2.61. The maximum Gasteiger partial charge on any atom is 0.153 e. The third-order valence-electron chi connectivity index (χ3n) is 3.47. The smallest absolute Gasteiger partial charge is 0.153 e. The molecule has 1 aromatic rings. The monoisotopic (exact) mass is 276 g/mol. The highest BCUT2D eigenvalue weighted by Crippen LogP contribution is 2.44. The highest BCUT2D eigenvalue weighted by molar-refractivity contribution is 7.91. The number of halogens is 2. The average Bonchev–Trinajstić information content (AvgIpc) is 2.60. The van der Waals surface area contributed by atoms with Gasteiger partial charge in [-0.15, -0.1) is 0 Å². The van der Waals surface area contributed by atoms with E-state index in [1.165, 1.54) is 6.07 Å². The van der Waals surface area contributed by atoms with Gasteiger partial charge in [0.1, 0.15) is 17.2 Å². The molecule has 3 nitrogen and oxygen atoms in total. The summed E-state index contributed by atoms with van der Waals surface area (Å²) in [6.07, 6.45) is 1.65. The topological polar surface area (TPSA) is 54.4 Å². The summed E-state index contributed by atoms with van der Waals surface area (Å²) < 4.78 is 50.7. The van der Waals surface area contributed by atoms with Crippen LogP contribution in [0.15, 0.2) is 18.2 Å². The standard InChI is InChI=1S/C12H14F2O3S/c1-18(16,17)10-6-3-7-12(10,15)11-8(13)4-2-5-9(11)14/h2,4-5,10,15H,3,6-7H2,1H3. The van der Waals surface area contributed by atoms with E-state index in [2.05, 4.69) is 0 Å². The number of aliphatic hydroxyl groups is 1. The van der Waals surface area contributed by atoms with E-state index in [-0.39, 0.29) is 12.8 Å². The highest BCUT2D eigenvalue weighted by Gasteiger charge is 2.50. The summed E-state index contributed by atoms with van der Waals surface area (Å²) in [5.74, 6) is -1.82. The van der Waals surface area contributed by atoms with Crippen molar-refractivity contribution in [3.63, 3.8) is 0 Å². The summed E-state index contributed by atoms with van der Waals surface area (Å²) >= 11 is 0. The molecule has 0 aliphatic heterocycles. The zero-order valence-corrected chi connectivity index (χ0v) is 10.7. The third kappa shape index (κ3) is 2.03. The van der Waals surface area contributed by atoms with Gasteiger partial charge in [0.05, 0.1) is 10.8 Å². The van der Waals surface area contributed by atoms with E-state index in [0.29, 0.717) is 6.42 Å². The fraction of sp³-hybridized carbons (Fsp3) is 0.500. The van der Waals surface area contributed by atoms with Gasteiger partial charge in [-0.25, -0.2) is 17.2 Å². The van der Waals surface area contributed by atoms with Gasteiger partial charge >= 0.3 is 0 Å². The lowest BCUT2D eigenvalue weighted by molar-refractivity contribution is 0.0400. The summed E-state index contributed by atoms with van der Waals surface area (Å²) in [5.41, 5.74) is -2.50. The van der Waals surface area contributed by atoms with Crippen molar-refractivity contribution in [2.75, 3.05) is 6.26 Å². The lowest BCUT2D eigenvalue weighted by atomic mass is 9.91. The van der Waals surface area contributed by atoms with Gasteiger partial charge in [-0.1, -0.05) is 6.07 Å². The van der Waals surface area contributed by atoms with Crippen LogP contribution >= 0.6 is 0 Å². The van der Waals surface area contributed by atoms with Gasteiger partial charge in [0.25, 0.3) is 0 Å². The van der Waals surface area contributed by atoms with Crippen LogP contribution in [0, 0.1) is 11.6 Å². The molecular formula is C12H14F2O3S. The number of hydrogen-bond donors (Lipinski definition) is 1. The van der Waals surface area contributed by atoms with Crippen molar-refractivity contribution in [3.05, 3.63) is 35.4 Å². The van der Waals surface area contributed by atoms with Crippen LogP contribution in [-0.4, -0.2) is 25.0 Å². The van der Waals surface area contributed by atoms with E-state index >= 15 is 0 Å².